The Labute approximate surface area is 80.7 Å². The molecule has 0 spiro atoms. The minimum Gasteiger partial charge on any atom is -0.489 e. The Kier molecular flexibility index (Phi) is 2.19. The largest absolute Gasteiger partial charge is 0.489 e. The molecule has 0 atom stereocenters. The molecule has 1 heterocycles. The lowest BCUT2D eigenvalue weighted by Crippen LogP contribution is -1.97. The molecule has 0 aliphatic heterocycles. The number of hydrogen-bond acceptors (Lipinski definition) is 3. The fourth-order valence-electron chi connectivity index (χ4n) is 0.970. The number of carbonyl (C=O) groups is 1. The van der Waals surface area contributed by atoms with Crippen LogP contribution < -0.4 is 4.74 Å². The van der Waals surface area contributed by atoms with Crippen LogP contribution in [0.3, 0.4) is 0 Å². The third-order valence-electron chi connectivity index (χ3n) is 1.80. The van der Waals surface area contributed by atoms with Crippen LogP contribution in [0.1, 0.15) is 23.2 Å². The molecular weight excluding hydrogens is 190 g/mol. The number of hydrogen-bond donors (Lipinski definition) is 0. The number of aldehydes is 1. The van der Waals surface area contributed by atoms with E-state index < -0.39 is 0 Å². The van der Waals surface area contributed by atoms with Crippen molar-refractivity contribution in [3.05, 3.63) is 23.0 Å². The van der Waals surface area contributed by atoms with Crippen molar-refractivity contribution in [3.8, 4) is 5.75 Å². The third kappa shape index (κ3) is 1.98. The summed E-state index contributed by atoms with van der Waals surface area (Å²) in [4.78, 5) is 14.3. The van der Waals surface area contributed by atoms with Gasteiger partial charge in [-0.25, -0.2) is 4.98 Å². The van der Waals surface area contributed by atoms with Gasteiger partial charge in [-0.3, -0.25) is 4.79 Å². The Morgan fingerprint density at radius 2 is 2.38 bits per heavy atom. The van der Waals surface area contributed by atoms with Crippen LogP contribution in [0.5, 0.6) is 5.75 Å². The lowest BCUT2D eigenvalue weighted by molar-refractivity contribution is 0.112. The molecule has 1 aromatic rings. The van der Waals surface area contributed by atoms with E-state index in [0.717, 1.165) is 12.8 Å². The van der Waals surface area contributed by atoms with Crippen molar-refractivity contribution in [2.24, 2.45) is 0 Å². The van der Waals surface area contributed by atoms with Gasteiger partial charge in [-0.1, -0.05) is 11.6 Å². The standard InChI is InChI=1S/C9H8ClNO2/c10-9-6(5-12)3-8(4-11-9)13-7-1-2-7/h3-5,7H,1-2H2. The zero-order valence-electron chi connectivity index (χ0n) is 6.87. The molecule has 1 aliphatic rings. The van der Waals surface area contributed by atoms with E-state index in [1.165, 1.54) is 6.20 Å². The summed E-state index contributed by atoms with van der Waals surface area (Å²) in [5.41, 5.74) is 0.375. The Morgan fingerprint density at radius 3 is 3.00 bits per heavy atom. The van der Waals surface area contributed by atoms with Gasteiger partial charge in [-0.05, 0) is 18.9 Å². The van der Waals surface area contributed by atoms with Gasteiger partial charge in [-0.2, -0.15) is 0 Å². The highest BCUT2D eigenvalue weighted by Crippen LogP contribution is 2.27. The van der Waals surface area contributed by atoms with Crippen molar-refractivity contribution in [2.45, 2.75) is 18.9 Å². The molecule has 1 aromatic heterocycles. The second-order valence-corrected chi connectivity index (χ2v) is 3.34. The van der Waals surface area contributed by atoms with Gasteiger partial charge < -0.3 is 4.74 Å². The minimum absolute atomic E-state index is 0.221. The van der Waals surface area contributed by atoms with Crippen molar-refractivity contribution < 1.29 is 9.53 Å². The molecule has 1 fully saturated rings. The number of carbonyl (C=O) groups excluding carboxylic acids is 1. The first-order valence-electron chi connectivity index (χ1n) is 4.07. The van der Waals surface area contributed by atoms with Crippen LogP contribution >= 0.6 is 11.6 Å². The van der Waals surface area contributed by atoms with Gasteiger partial charge in [0.2, 0.25) is 0 Å². The topological polar surface area (TPSA) is 39.2 Å². The van der Waals surface area contributed by atoms with E-state index >= 15 is 0 Å². The number of aromatic nitrogens is 1. The van der Waals surface area contributed by atoms with E-state index in [9.17, 15) is 4.79 Å². The van der Waals surface area contributed by atoms with Crippen molar-refractivity contribution >= 4 is 17.9 Å². The summed E-state index contributed by atoms with van der Waals surface area (Å²) in [6.45, 7) is 0. The van der Waals surface area contributed by atoms with Crippen LogP contribution in [0.25, 0.3) is 0 Å². The first-order valence-corrected chi connectivity index (χ1v) is 4.45. The minimum atomic E-state index is 0.221. The Hall–Kier alpha value is -1.09. The highest BCUT2D eigenvalue weighted by Gasteiger charge is 2.23. The number of rotatable bonds is 3. The average molecular weight is 198 g/mol. The van der Waals surface area contributed by atoms with Crippen molar-refractivity contribution in [3.63, 3.8) is 0 Å². The fourth-order valence-corrected chi connectivity index (χ4v) is 1.12. The summed E-state index contributed by atoms with van der Waals surface area (Å²) >= 11 is 5.65. The van der Waals surface area contributed by atoms with Crippen LogP contribution in [-0.2, 0) is 0 Å². The van der Waals surface area contributed by atoms with E-state index in [0.29, 0.717) is 23.7 Å². The van der Waals surface area contributed by atoms with Crippen LogP contribution in [0.2, 0.25) is 5.15 Å². The Balaban J connectivity index is 2.20. The smallest absolute Gasteiger partial charge is 0.153 e. The molecule has 68 valence electrons. The first-order chi connectivity index (χ1) is 6.29. The molecule has 1 saturated carbocycles. The first kappa shape index (κ1) is 8.51. The summed E-state index contributed by atoms with van der Waals surface area (Å²) in [6, 6.07) is 1.61. The Bertz CT molecular complexity index is 336. The third-order valence-corrected chi connectivity index (χ3v) is 2.11. The lowest BCUT2D eigenvalue weighted by Gasteiger charge is -2.04. The molecule has 2 rings (SSSR count). The van der Waals surface area contributed by atoms with Gasteiger partial charge in [0, 0.05) is 0 Å². The normalized spacial score (nSPS) is 15.5. The fraction of sp³-hybridized carbons (Fsp3) is 0.333. The van der Waals surface area contributed by atoms with Gasteiger partial charge in [0.1, 0.15) is 10.9 Å². The van der Waals surface area contributed by atoms with Crippen LogP contribution in [0, 0.1) is 0 Å². The average Bonchev–Trinajstić information content (AvgIpc) is 2.92. The summed E-state index contributed by atoms with van der Waals surface area (Å²) in [5.74, 6) is 0.619. The molecule has 0 saturated heterocycles. The highest BCUT2D eigenvalue weighted by atomic mass is 35.5. The van der Waals surface area contributed by atoms with Gasteiger partial charge in [0.05, 0.1) is 17.9 Å². The van der Waals surface area contributed by atoms with E-state index in [1.54, 1.807) is 6.07 Å². The molecule has 1 aliphatic carbocycles. The second kappa shape index (κ2) is 3.34. The predicted octanol–water partition coefficient (Wildman–Crippen LogP) is 2.09. The zero-order valence-corrected chi connectivity index (χ0v) is 7.62. The maximum atomic E-state index is 10.5. The molecular formula is C9H8ClNO2. The monoisotopic (exact) mass is 197 g/mol. The van der Waals surface area contributed by atoms with Crippen LogP contribution in [0.15, 0.2) is 12.3 Å². The van der Waals surface area contributed by atoms with E-state index in [2.05, 4.69) is 4.98 Å². The molecule has 0 unspecified atom stereocenters. The van der Waals surface area contributed by atoms with E-state index in [-0.39, 0.29) is 5.15 Å². The summed E-state index contributed by atoms with van der Waals surface area (Å²) in [7, 11) is 0. The number of ether oxygens (including phenoxy) is 1. The second-order valence-electron chi connectivity index (χ2n) is 2.99. The van der Waals surface area contributed by atoms with E-state index in [4.69, 9.17) is 16.3 Å². The molecule has 3 nitrogen and oxygen atoms in total. The van der Waals surface area contributed by atoms with E-state index in [1.807, 2.05) is 0 Å². The zero-order chi connectivity index (χ0) is 9.26. The predicted molar refractivity (Wildman–Crippen MR) is 48.3 cm³/mol. The molecule has 0 aromatic carbocycles. The maximum absolute atomic E-state index is 10.5. The van der Waals surface area contributed by atoms with Gasteiger partial charge in [0.15, 0.2) is 6.29 Å². The van der Waals surface area contributed by atoms with Crippen molar-refractivity contribution in [2.75, 3.05) is 0 Å². The Morgan fingerprint density at radius 1 is 1.62 bits per heavy atom. The molecule has 0 amide bonds. The molecule has 13 heavy (non-hydrogen) atoms. The summed E-state index contributed by atoms with van der Waals surface area (Å²) < 4.78 is 5.44. The quantitative estimate of drug-likeness (QED) is 0.550. The number of nitrogens with zero attached hydrogens (tertiary/aromatic N) is 1. The lowest BCUT2D eigenvalue weighted by atomic mass is 10.3. The van der Waals surface area contributed by atoms with Crippen LogP contribution in [0.4, 0.5) is 0 Å². The van der Waals surface area contributed by atoms with Crippen molar-refractivity contribution in [1.82, 2.24) is 4.98 Å². The number of halogens is 1. The van der Waals surface area contributed by atoms with Crippen LogP contribution in [-0.4, -0.2) is 17.4 Å². The van der Waals surface area contributed by atoms with Gasteiger partial charge in [-0.15, -0.1) is 0 Å². The SMILES string of the molecule is O=Cc1cc(OC2CC2)cnc1Cl. The highest BCUT2D eigenvalue weighted by molar-refractivity contribution is 6.31. The number of pyridine rings is 1. The molecule has 0 N–H and O–H groups in total. The summed E-state index contributed by atoms with van der Waals surface area (Å²) in [5, 5.41) is 0.221. The maximum Gasteiger partial charge on any atom is 0.153 e. The molecule has 4 heteroatoms. The van der Waals surface area contributed by atoms with Crippen molar-refractivity contribution in [1.29, 1.82) is 0 Å². The van der Waals surface area contributed by atoms with Gasteiger partial charge >= 0.3 is 0 Å². The molecule has 0 radical (unpaired) electrons. The molecule has 0 bridgehead atoms. The van der Waals surface area contributed by atoms with Gasteiger partial charge in [0.25, 0.3) is 0 Å². The summed E-state index contributed by atoms with van der Waals surface area (Å²) in [6.07, 6.45) is 4.68.